The van der Waals surface area contributed by atoms with E-state index in [9.17, 15) is 14.4 Å². The lowest BCUT2D eigenvalue weighted by Crippen LogP contribution is -2.74. The Morgan fingerprint density at radius 3 is 2.32 bits per heavy atom. The normalized spacial score (nSPS) is 23.4. The van der Waals surface area contributed by atoms with E-state index in [0.717, 1.165) is 72.3 Å². The first-order chi connectivity index (χ1) is 31.7. The lowest BCUT2D eigenvalue weighted by atomic mass is 9.49. The number of methoxy groups -OCH3 is 1. The number of aromatic nitrogens is 4. The van der Waals surface area contributed by atoms with Crippen molar-refractivity contribution in [2.24, 2.45) is 16.7 Å². The zero-order valence-corrected chi connectivity index (χ0v) is 39.9. The van der Waals surface area contributed by atoms with Crippen molar-refractivity contribution in [3.8, 4) is 5.75 Å². The highest BCUT2D eigenvalue weighted by Crippen LogP contribution is 2.56. The SMILES string of the molecule is CNc1ccc(OC2C(C)(C)C(NC(=O)c3cnc(N4CCN(C(=O)[C@H]5CCC[C@H](n6c(Cc7ccccc7)nc7c8c(ccc76)N(C(=O)OC)[C@@H](C)CC8)C5)CC4)nc3)C2(C)C)cc1Cl. The quantitative estimate of drug-likeness (QED) is 0.140. The minimum Gasteiger partial charge on any atom is -0.489 e. The van der Waals surface area contributed by atoms with Gasteiger partial charge >= 0.3 is 6.09 Å². The molecule has 5 aromatic rings. The molecule has 66 heavy (non-hydrogen) atoms. The number of fused-ring (bicyclic) bond motifs is 3. The van der Waals surface area contributed by atoms with Crippen LogP contribution >= 0.6 is 11.6 Å². The van der Waals surface area contributed by atoms with Gasteiger partial charge in [0, 0.05) is 98.5 Å². The second-order valence-electron chi connectivity index (χ2n) is 19.8. The summed E-state index contributed by atoms with van der Waals surface area (Å²) in [5.74, 6) is 2.08. The van der Waals surface area contributed by atoms with E-state index < -0.39 is 0 Å². The van der Waals surface area contributed by atoms with Crippen LogP contribution in [0.25, 0.3) is 11.0 Å². The fraction of sp³-hybridized carbons (Fsp3) is 0.490. The van der Waals surface area contributed by atoms with Crippen LogP contribution in [0.15, 0.2) is 73.1 Å². The number of hydrogen-bond donors (Lipinski definition) is 2. The van der Waals surface area contributed by atoms with Gasteiger partial charge in [-0.2, -0.15) is 0 Å². The number of carbonyl (C=O) groups is 3. The van der Waals surface area contributed by atoms with Crippen LogP contribution in [0.4, 0.5) is 22.1 Å². The maximum atomic E-state index is 14.3. The van der Waals surface area contributed by atoms with E-state index in [4.69, 9.17) is 26.1 Å². The zero-order valence-electron chi connectivity index (χ0n) is 39.1. The molecule has 2 saturated carbocycles. The van der Waals surface area contributed by atoms with Crippen LogP contribution in [-0.4, -0.2) is 101 Å². The number of halogens is 1. The molecule has 14 nitrogen and oxygen atoms in total. The summed E-state index contributed by atoms with van der Waals surface area (Å²) >= 11 is 6.43. The smallest absolute Gasteiger partial charge is 0.414 e. The summed E-state index contributed by atoms with van der Waals surface area (Å²) in [5.41, 5.74) is 5.60. The van der Waals surface area contributed by atoms with E-state index in [2.05, 4.69) is 101 Å². The van der Waals surface area contributed by atoms with E-state index in [1.54, 1.807) is 17.3 Å². The van der Waals surface area contributed by atoms with Gasteiger partial charge in [-0.3, -0.25) is 14.5 Å². The van der Waals surface area contributed by atoms with Gasteiger partial charge in [-0.1, -0.05) is 76.0 Å². The Morgan fingerprint density at radius 1 is 0.909 bits per heavy atom. The van der Waals surface area contributed by atoms with Crippen LogP contribution in [0.2, 0.25) is 5.02 Å². The second-order valence-corrected chi connectivity index (χ2v) is 20.2. The van der Waals surface area contributed by atoms with E-state index in [0.29, 0.717) is 54.9 Å². The van der Waals surface area contributed by atoms with Gasteiger partial charge in [-0.25, -0.2) is 19.7 Å². The summed E-state index contributed by atoms with van der Waals surface area (Å²) in [7, 11) is 3.26. The van der Waals surface area contributed by atoms with Crippen molar-refractivity contribution >= 4 is 57.9 Å². The molecule has 3 amide bonds. The highest BCUT2D eigenvalue weighted by Gasteiger charge is 2.64. The zero-order chi connectivity index (χ0) is 46.5. The molecule has 9 rings (SSSR count). The Labute approximate surface area is 392 Å². The van der Waals surface area contributed by atoms with Crippen LogP contribution in [0.1, 0.15) is 100 Å². The standard InChI is InChI=1S/C51H62ClN9O5/c1-31-16-18-37-40(60(31)49(64)65-7)20-21-41-43(37)56-42(26-32-12-9-8-10-13-32)61(41)35-15-11-14-33(27-35)45(63)58-22-24-59(25-23-58)48-54-29-34(30-55-48)44(62)57-46-50(2,3)47(51(46,4)5)66-36-17-19-39(53-6)38(52)28-36/h8-10,12-13,17,19-21,28-31,33,35,46-47,53H,11,14-16,18,22-27H2,1-7H3,(H,57,62)/t31-,33-,35-,46?,47?/m0/s1. The molecule has 4 heterocycles. The lowest BCUT2D eigenvalue weighted by Gasteiger charge is -2.63. The Kier molecular flexibility index (Phi) is 12.4. The molecule has 3 fully saturated rings. The molecule has 0 radical (unpaired) electrons. The number of imidazole rings is 1. The van der Waals surface area contributed by atoms with Gasteiger partial charge in [0.25, 0.3) is 5.91 Å². The maximum Gasteiger partial charge on any atom is 0.414 e. The highest BCUT2D eigenvalue weighted by atomic mass is 35.5. The summed E-state index contributed by atoms with van der Waals surface area (Å²) in [4.78, 5) is 61.3. The van der Waals surface area contributed by atoms with Gasteiger partial charge < -0.3 is 34.5 Å². The predicted molar refractivity (Wildman–Crippen MR) is 258 cm³/mol. The van der Waals surface area contributed by atoms with Gasteiger partial charge in [0.2, 0.25) is 11.9 Å². The molecule has 3 atom stereocenters. The van der Waals surface area contributed by atoms with Gasteiger partial charge in [0.05, 0.1) is 40.1 Å². The topological polar surface area (TPSA) is 147 Å². The molecule has 348 valence electrons. The molecule has 2 N–H and O–H groups in total. The van der Waals surface area contributed by atoms with Crippen LogP contribution in [0, 0.1) is 16.7 Å². The first-order valence-corrected chi connectivity index (χ1v) is 23.8. The van der Waals surface area contributed by atoms with Gasteiger partial charge in [-0.15, -0.1) is 0 Å². The number of amides is 3. The average Bonchev–Trinajstić information content (AvgIpc) is 3.70. The largest absolute Gasteiger partial charge is 0.489 e. The molecule has 0 unspecified atom stereocenters. The highest BCUT2D eigenvalue weighted by molar-refractivity contribution is 6.33. The summed E-state index contributed by atoms with van der Waals surface area (Å²) in [5, 5.41) is 6.90. The fourth-order valence-corrected chi connectivity index (χ4v) is 11.9. The van der Waals surface area contributed by atoms with Crippen LogP contribution < -0.4 is 25.2 Å². The number of piperazine rings is 1. The number of nitrogens with one attached hydrogen (secondary N) is 2. The van der Waals surface area contributed by atoms with Crippen molar-refractivity contribution in [3.05, 3.63) is 101 Å². The van der Waals surface area contributed by atoms with E-state index >= 15 is 0 Å². The number of hydrogen-bond acceptors (Lipinski definition) is 10. The molecule has 2 aliphatic heterocycles. The Balaban J connectivity index is 0.837. The van der Waals surface area contributed by atoms with Gasteiger partial charge in [0.15, 0.2) is 0 Å². The van der Waals surface area contributed by atoms with Gasteiger partial charge in [0.1, 0.15) is 17.7 Å². The van der Waals surface area contributed by atoms with E-state index in [1.165, 1.54) is 12.7 Å². The number of anilines is 3. The van der Waals surface area contributed by atoms with Crippen LogP contribution in [0.3, 0.4) is 0 Å². The minimum atomic E-state index is -0.363. The van der Waals surface area contributed by atoms with E-state index in [-0.39, 0.29) is 58.9 Å². The van der Waals surface area contributed by atoms with Crippen LogP contribution in [0.5, 0.6) is 5.75 Å². The molecular weight excluding hydrogens is 854 g/mol. The lowest BCUT2D eigenvalue weighted by molar-refractivity contribution is -0.164. The predicted octanol–water partition coefficient (Wildman–Crippen LogP) is 8.71. The first kappa shape index (κ1) is 45.3. The number of benzene rings is 3. The summed E-state index contributed by atoms with van der Waals surface area (Å²) in [6, 6.07) is 20.2. The summed E-state index contributed by atoms with van der Waals surface area (Å²) < 4.78 is 14.1. The van der Waals surface area contributed by atoms with Crippen molar-refractivity contribution in [2.45, 2.75) is 104 Å². The molecular formula is C51H62ClN9O5. The molecule has 0 bridgehead atoms. The second kappa shape index (κ2) is 18.1. The molecule has 3 aromatic carbocycles. The Hall–Kier alpha value is -5.89. The summed E-state index contributed by atoms with van der Waals surface area (Å²) in [6.07, 6.45) is 8.48. The third-order valence-corrected chi connectivity index (χ3v) is 15.1. The molecule has 4 aliphatic rings. The third kappa shape index (κ3) is 8.30. The number of ether oxygens (including phenoxy) is 2. The monoisotopic (exact) mass is 915 g/mol. The van der Waals surface area contributed by atoms with Crippen molar-refractivity contribution in [1.82, 2.24) is 29.7 Å². The molecule has 2 aromatic heterocycles. The van der Waals surface area contributed by atoms with Crippen molar-refractivity contribution in [2.75, 3.05) is 55.5 Å². The van der Waals surface area contributed by atoms with Crippen molar-refractivity contribution < 1.29 is 23.9 Å². The third-order valence-electron chi connectivity index (χ3n) is 14.8. The number of nitrogens with zero attached hydrogens (tertiary/aromatic N) is 7. The first-order valence-electron chi connectivity index (χ1n) is 23.4. The minimum absolute atomic E-state index is 0.0235. The Bertz CT molecular complexity index is 2590. The maximum absolute atomic E-state index is 14.3. The average molecular weight is 917 g/mol. The molecule has 2 aliphatic carbocycles. The Morgan fingerprint density at radius 2 is 1.64 bits per heavy atom. The van der Waals surface area contributed by atoms with Crippen molar-refractivity contribution in [1.29, 1.82) is 0 Å². The van der Waals surface area contributed by atoms with E-state index in [1.807, 2.05) is 36.2 Å². The van der Waals surface area contributed by atoms with Gasteiger partial charge in [-0.05, 0) is 68.9 Å². The molecule has 0 spiro atoms. The molecule has 15 heteroatoms. The van der Waals surface area contributed by atoms with Crippen molar-refractivity contribution in [3.63, 3.8) is 0 Å². The summed E-state index contributed by atoms with van der Waals surface area (Å²) in [6.45, 7) is 12.8. The number of rotatable bonds is 10. The molecule has 1 saturated heterocycles. The fourth-order valence-electron chi connectivity index (χ4n) is 11.7. The number of carbonyl (C=O) groups excluding carboxylic acids is 3. The van der Waals surface area contributed by atoms with Crippen LogP contribution in [-0.2, 0) is 22.4 Å². The number of aryl methyl sites for hydroxylation is 1.